The predicted molar refractivity (Wildman–Crippen MR) is 149 cm³/mol. The molecule has 13 heteroatoms. The van der Waals surface area contributed by atoms with Gasteiger partial charge in [-0.05, 0) is 56.2 Å². The minimum atomic E-state index is -4.10. The zero-order valence-electron chi connectivity index (χ0n) is 21.4. The first kappa shape index (κ1) is 27.8. The summed E-state index contributed by atoms with van der Waals surface area (Å²) in [5.74, 6) is -0.458. The number of non-ortho nitro benzene ring substituents is 1. The van der Waals surface area contributed by atoms with Crippen LogP contribution in [-0.4, -0.2) is 39.2 Å². The highest BCUT2D eigenvalue weighted by molar-refractivity contribution is 8.00. The van der Waals surface area contributed by atoms with Crippen LogP contribution in [-0.2, 0) is 21.4 Å². The molecular weight excluding hydrogens is 540 g/mol. The van der Waals surface area contributed by atoms with Crippen LogP contribution in [0.15, 0.2) is 76.8 Å². The monoisotopic (exact) mass is 566 g/mol. The quantitative estimate of drug-likeness (QED) is 0.158. The van der Waals surface area contributed by atoms with Crippen LogP contribution in [0.4, 0.5) is 17.1 Å². The molecule has 0 fully saturated rings. The summed E-state index contributed by atoms with van der Waals surface area (Å²) in [5.41, 5.74) is 3.94. The van der Waals surface area contributed by atoms with Crippen LogP contribution in [0, 0.1) is 30.9 Å². The van der Waals surface area contributed by atoms with Crippen LogP contribution in [0.2, 0.25) is 0 Å². The summed E-state index contributed by atoms with van der Waals surface area (Å²) in [7, 11) is -4.10. The van der Waals surface area contributed by atoms with Gasteiger partial charge < -0.3 is 10.6 Å². The number of rotatable bonds is 10. The van der Waals surface area contributed by atoms with E-state index in [9.17, 15) is 23.3 Å². The van der Waals surface area contributed by atoms with Gasteiger partial charge >= 0.3 is 0 Å². The molecule has 0 aliphatic heterocycles. The van der Waals surface area contributed by atoms with Gasteiger partial charge in [-0.1, -0.05) is 47.7 Å². The zero-order valence-corrected chi connectivity index (χ0v) is 23.0. The molecule has 1 heterocycles. The molecule has 202 valence electrons. The van der Waals surface area contributed by atoms with Crippen LogP contribution in [0.5, 0.6) is 0 Å². The Kier molecular flexibility index (Phi) is 8.31. The van der Waals surface area contributed by atoms with Gasteiger partial charge in [-0.15, -0.1) is 9.19 Å². The van der Waals surface area contributed by atoms with E-state index in [4.69, 9.17) is 0 Å². The lowest BCUT2D eigenvalue weighted by molar-refractivity contribution is -0.384. The van der Waals surface area contributed by atoms with Crippen molar-refractivity contribution < 1.29 is 18.1 Å². The van der Waals surface area contributed by atoms with Crippen molar-refractivity contribution in [3.8, 4) is 0 Å². The summed E-state index contributed by atoms with van der Waals surface area (Å²) in [5, 5.41) is 21.1. The molecule has 0 atom stereocenters. The van der Waals surface area contributed by atoms with Crippen LogP contribution in [0.1, 0.15) is 22.5 Å². The second kappa shape index (κ2) is 11.7. The molecule has 2 N–H and O–H groups in total. The van der Waals surface area contributed by atoms with Gasteiger partial charge in [0.1, 0.15) is 0 Å². The molecular formula is C26H26N6O5S2. The van der Waals surface area contributed by atoms with Crippen molar-refractivity contribution in [3.05, 3.63) is 99.4 Å². The van der Waals surface area contributed by atoms with E-state index in [0.717, 1.165) is 38.2 Å². The van der Waals surface area contributed by atoms with Gasteiger partial charge in [0.15, 0.2) is 5.82 Å². The number of carbonyl (C=O) groups is 1. The first-order chi connectivity index (χ1) is 18.5. The van der Waals surface area contributed by atoms with Crippen molar-refractivity contribution in [1.29, 1.82) is 0 Å². The van der Waals surface area contributed by atoms with Crippen molar-refractivity contribution in [2.45, 2.75) is 37.4 Å². The van der Waals surface area contributed by atoms with E-state index in [2.05, 4.69) is 20.7 Å². The molecule has 0 saturated carbocycles. The van der Waals surface area contributed by atoms with Crippen molar-refractivity contribution in [2.24, 2.45) is 0 Å². The average Bonchev–Trinajstić information content (AvgIpc) is 3.32. The van der Waals surface area contributed by atoms with Gasteiger partial charge in [0.2, 0.25) is 11.1 Å². The fourth-order valence-electron chi connectivity index (χ4n) is 3.58. The Morgan fingerprint density at radius 3 is 2.46 bits per heavy atom. The number of hydrogen-bond donors (Lipinski definition) is 2. The van der Waals surface area contributed by atoms with E-state index in [-0.39, 0.29) is 39.5 Å². The van der Waals surface area contributed by atoms with Crippen LogP contribution in [0.25, 0.3) is 0 Å². The third-order valence-corrected chi connectivity index (χ3v) is 8.27. The van der Waals surface area contributed by atoms with E-state index in [1.807, 2.05) is 39.0 Å². The second-order valence-corrected chi connectivity index (χ2v) is 11.5. The Morgan fingerprint density at radius 2 is 1.74 bits per heavy atom. The number of anilines is 2. The van der Waals surface area contributed by atoms with Crippen molar-refractivity contribution in [2.75, 3.05) is 16.4 Å². The van der Waals surface area contributed by atoms with E-state index in [1.54, 1.807) is 12.1 Å². The average molecular weight is 567 g/mol. The highest BCUT2D eigenvalue weighted by Gasteiger charge is 2.25. The maximum atomic E-state index is 13.5. The Morgan fingerprint density at radius 1 is 1.03 bits per heavy atom. The highest BCUT2D eigenvalue weighted by Crippen LogP contribution is 2.24. The van der Waals surface area contributed by atoms with Crippen molar-refractivity contribution in [1.82, 2.24) is 14.2 Å². The maximum Gasteiger partial charge on any atom is 0.285 e. The topological polar surface area (TPSA) is 149 Å². The predicted octanol–water partition coefficient (Wildman–Crippen LogP) is 4.69. The maximum absolute atomic E-state index is 13.5. The number of aryl methyl sites for hydroxylation is 3. The smallest absolute Gasteiger partial charge is 0.285 e. The lowest BCUT2D eigenvalue weighted by Gasteiger charge is -2.08. The van der Waals surface area contributed by atoms with Crippen molar-refractivity contribution in [3.63, 3.8) is 0 Å². The third kappa shape index (κ3) is 6.81. The SMILES string of the molecule is Cc1ccc(S(=O)(=O)n2nc(CNc3cc(C)ccc3C)nc2SCC(=O)Nc2cccc([N+](=O)[O-])c2)cc1. The normalized spacial score (nSPS) is 11.3. The molecule has 0 bridgehead atoms. The molecule has 0 aliphatic carbocycles. The number of nitrogens with zero attached hydrogens (tertiary/aromatic N) is 4. The molecule has 0 unspecified atom stereocenters. The largest absolute Gasteiger partial charge is 0.377 e. The van der Waals surface area contributed by atoms with E-state index < -0.39 is 20.9 Å². The molecule has 11 nitrogen and oxygen atoms in total. The van der Waals surface area contributed by atoms with E-state index in [0.29, 0.717) is 0 Å². The molecule has 1 amide bonds. The van der Waals surface area contributed by atoms with Crippen LogP contribution in [0.3, 0.4) is 0 Å². The van der Waals surface area contributed by atoms with Crippen LogP contribution < -0.4 is 10.6 Å². The number of hydrogen-bond acceptors (Lipinski definition) is 9. The minimum absolute atomic E-state index is 0.0162. The minimum Gasteiger partial charge on any atom is -0.377 e. The first-order valence-electron chi connectivity index (χ1n) is 11.8. The number of thioether (sulfide) groups is 1. The summed E-state index contributed by atoms with van der Waals surface area (Å²) in [6, 6.07) is 17.8. The Bertz CT molecular complexity index is 1640. The molecule has 0 radical (unpaired) electrons. The standard InChI is InChI=1S/C26H26N6O5S2/c1-17-8-11-22(12-9-17)39(36,37)31-26(29-24(30-31)15-27-23-13-18(2)7-10-19(23)3)38-16-25(33)28-20-5-4-6-21(14-20)32(34)35/h4-14,27H,15-16H2,1-3H3,(H,28,33). The summed E-state index contributed by atoms with van der Waals surface area (Å²) < 4.78 is 27.7. The number of aromatic nitrogens is 3. The van der Waals surface area contributed by atoms with E-state index in [1.165, 1.54) is 36.4 Å². The van der Waals surface area contributed by atoms with E-state index >= 15 is 0 Å². The Hall–Kier alpha value is -4.23. The molecule has 3 aromatic carbocycles. The summed E-state index contributed by atoms with van der Waals surface area (Å²) in [6.07, 6.45) is 0. The molecule has 0 aliphatic rings. The fourth-order valence-corrected chi connectivity index (χ4v) is 5.81. The summed E-state index contributed by atoms with van der Waals surface area (Å²) >= 11 is 0.894. The first-order valence-corrected chi connectivity index (χ1v) is 14.2. The van der Waals surface area contributed by atoms with Gasteiger partial charge in [-0.3, -0.25) is 14.9 Å². The lowest BCUT2D eigenvalue weighted by Crippen LogP contribution is -2.18. The number of nitrogens with one attached hydrogen (secondary N) is 2. The molecule has 0 spiro atoms. The Balaban J connectivity index is 1.57. The number of nitro benzene ring substituents is 1. The molecule has 1 aromatic heterocycles. The Labute approximate surface area is 229 Å². The number of nitro groups is 1. The fraction of sp³-hybridized carbons (Fsp3) is 0.192. The van der Waals surface area contributed by atoms with Gasteiger partial charge in [-0.25, -0.2) is 4.98 Å². The lowest BCUT2D eigenvalue weighted by atomic mass is 10.1. The summed E-state index contributed by atoms with van der Waals surface area (Å²) in [6.45, 7) is 5.94. The molecule has 4 aromatic rings. The van der Waals surface area contributed by atoms with Crippen LogP contribution >= 0.6 is 11.8 Å². The second-order valence-electron chi connectivity index (χ2n) is 8.79. The highest BCUT2D eigenvalue weighted by atomic mass is 32.2. The van der Waals surface area contributed by atoms with Gasteiger partial charge in [0.25, 0.3) is 15.7 Å². The number of benzene rings is 3. The van der Waals surface area contributed by atoms with Gasteiger partial charge in [0, 0.05) is 23.5 Å². The van der Waals surface area contributed by atoms with Gasteiger partial charge in [-0.2, -0.15) is 8.42 Å². The zero-order chi connectivity index (χ0) is 28.2. The number of amides is 1. The molecule has 39 heavy (non-hydrogen) atoms. The number of carbonyl (C=O) groups excluding carboxylic acids is 1. The molecule has 0 saturated heterocycles. The van der Waals surface area contributed by atoms with Gasteiger partial charge in [0.05, 0.1) is 22.1 Å². The summed E-state index contributed by atoms with van der Waals surface area (Å²) in [4.78, 5) is 27.5. The third-order valence-electron chi connectivity index (χ3n) is 5.64. The van der Waals surface area contributed by atoms with Crippen molar-refractivity contribution >= 4 is 44.8 Å². The molecule has 4 rings (SSSR count).